The molecule has 0 bridgehead atoms. The van der Waals surface area contributed by atoms with Crippen LogP contribution < -0.4 is 4.74 Å². The Bertz CT molecular complexity index is 757. The molecule has 0 radical (unpaired) electrons. The van der Waals surface area contributed by atoms with Gasteiger partial charge in [0.25, 0.3) is 0 Å². The first-order chi connectivity index (χ1) is 13.3. The fourth-order valence-electron chi connectivity index (χ4n) is 2.19. The summed E-state index contributed by atoms with van der Waals surface area (Å²) in [5.74, 6) is -0.687. The molecule has 1 aromatic carbocycles. The van der Waals surface area contributed by atoms with Crippen LogP contribution in [0.5, 0.6) is 5.75 Å². The smallest absolute Gasteiger partial charge is 0.349 e. The van der Waals surface area contributed by atoms with Crippen LogP contribution in [0.15, 0.2) is 42.0 Å². The number of nitrogens with zero attached hydrogens (tertiary/aromatic N) is 2. The third-order valence-electron chi connectivity index (χ3n) is 3.70. The minimum Gasteiger partial charge on any atom is -0.482 e. The molecule has 0 spiro atoms. The molecular weight excluding hydrogens is 368 g/mol. The highest BCUT2D eigenvalue weighted by Crippen LogP contribution is 2.30. The lowest BCUT2D eigenvalue weighted by Crippen LogP contribution is -2.15. The molecule has 0 atom stereocenters. The van der Waals surface area contributed by atoms with Crippen LogP contribution in [-0.4, -0.2) is 29.0 Å². The van der Waals surface area contributed by atoms with Crippen molar-refractivity contribution in [3.8, 4) is 5.75 Å². The minimum absolute atomic E-state index is 0.0315. The van der Waals surface area contributed by atoms with Crippen LogP contribution in [0.1, 0.15) is 39.5 Å². The van der Waals surface area contributed by atoms with Gasteiger partial charge in [0, 0.05) is 6.07 Å². The maximum Gasteiger partial charge on any atom is 0.349 e. The fraction of sp³-hybridized carbons (Fsp3) is 0.421. The van der Waals surface area contributed by atoms with Gasteiger partial charge in [-0.25, -0.2) is 4.79 Å². The molecule has 0 aliphatic carbocycles. The molecule has 0 aliphatic heterocycles. The second-order valence-corrected chi connectivity index (χ2v) is 5.98. The van der Waals surface area contributed by atoms with Gasteiger partial charge in [-0.1, -0.05) is 37.5 Å². The molecule has 0 aromatic heterocycles. The number of benzene rings is 1. The van der Waals surface area contributed by atoms with Gasteiger partial charge in [0.05, 0.1) is 15.9 Å². The van der Waals surface area contributed by atoms with Gasteiger partial charge in [-0.05, 0) is 31.9 Å². The van der Waals surface area contributed by atoms with E-state index in [1.807, 2.05) is 13.0 Å². The van der Waals surface area contributed by atoms with E-state index in [1.54, 1.807) is 6.08 Å². The van der Waals surface area contributed by atoms with Crippen LogP contribution >= 0.6 is 0 Å². The molecule has 0 fully saturated rings. The van der Waals surface area contributed by atoms with Crippen molar-refractivity contribution in [1.82, 2.24) is 0 Å². The summed E-state index contributed by atoms with van der Waals surface area (Å²) < 4.78 is 10.1. The van der Waals surface area contributed by atoms with Crippen molar-refractivity contribution in [2.45, 2.75) is 39.5 Å². The molecule has 0 heterocycles. The first kappa shape index (κ1) is 22.8. The van der Waals surface area contributed by atoms with E-state index >= 15 is 0 Å². The van der Waals surface area contributed by atoms with Gasteiger partial charge >= 0.3 is 17.3 Å². The normalized spacial score (nSPS) is 11.4. The number of esters is 1. The van der Waals surface area contributed by atoms with Crippen LogP contribution in [-0.2, 0) is 9.53 Å². The molecule has 0 saturated heterocycles. The van der Waals surface area contributed by atoms with Gasteiger partial charge in [0.2, 0.25) is 0 Å². The maximum atomic E-state index is 11.7. The highest BCUT2D eigenvalue weighted by atomic mass is 16.6. The highest BCUT2D eigenvalue weighted by molar-refractivity contribution is 5.71. The maximum absolute atomic E-state index is 11.7. The summed E-state index contributed by atoms with van der Waals surface area (Å²) >= 11 is 0. The van der Waals surface area contributed by atoms with E-state index in [2.05, 4.69) is 13.0 Å². The molecule has 1 rings (SSSR count). The molecular formula is C19H24N2O7. The molecule has 0 amide bonds. The Morgan fingerprint density at radius 3 is 2.50 bits per heavy atom. The molecule has 0 unspecified atom stereocenters. The van der Waals surface area contributed by atoms with E-state index in [0.717, 1.165) is 30.5 Å². The minimum atomic E-state index is -0.882. The Hall–Kier alpha value is -3.23. The summed E-state index contributed by atoms with van der Waals surface area (Å²) in [4.78, 5) is 31.6. The summed E-state index contributed by atoms with van der Waals surface area (Å²) in [6.45, 7) is 3.66. The van der Waals surface area contributed by atoms with Gasteiger partial charge in [-0.15, -0.1) is 0 Å². The second-order valence-electron chi connectivity index (χ2n) is 5.98. The highest BCUT2D eigenvalue weighted by Gasteiger charge is 2.24. The standard InChI is InChI=1S/C19H24N2O7/c1-3-4-5-6-7-8-15(2)11-12-27-19(22)14-28-16-9-10-17(20(23)24)18(13-16)21(25)26/h7-11,13H,3-6,12,14H2,1-2H3/b8-7+,15-11+. The number of unbranched alkanes of at least 4 members (excludes halogenated alkanes) is 3. The number of ether oxygens (including phenoxy) is 2. The Labute approximate surface area is 162 Å². The largest absolute Gasteiger partial charge is 0.482 e. The number of carbonyl (C=O) groups is 1. The number of rotatable bonds is 12. The summed E-state index contributed by atoms with van der Waals surface area (Å²) in [6, 6.07) is 3.04. The van der Waals surface area contributed by atoms with E-state index in [9.17, 15) is 25.0 Å². The van der Waals surface area contributed by atoms with E-state index in [0.29, 0.717) is 0 Å². The van der Waals surface area contributed by atoms with E-state index < -0.39 is 33.8 Å². The van der Waals surface area contributed by atoms with Gasteiger partial charge < -0.3 is 9.47 Å². The molecule has 152 valence electrons. The number of carbonyl (C=O) groups excluding carboxylic acids is 1. The van der Waals surface area contributed by atoms with Crippen molar-refractivity contribution in [2.75, 3.05) is 13.2 Å². The average molecular weight is 392 g/mol. The quantitative estimate of drug-likeness (QED) is 0.169. The van der Waals surface area contributed by atoms with Gasteiger partial charge in [-0.2, -0.15) is 0 Å². The molecule has 9 heteroatoms. The van der Waals surface area contributed by atoms with E-state index in [1.165, 1.54) is 18.9 Å². The Balaban J connectivity index is 2.46. The van der Waals surface area contributed by atoms with Crippen molar-refractivity contribution in [3.05, 3.63) is 62.2 Å². The third-order valence-corrected chi connectivity index (χ3v) is 3.70. The van der Waals surface area contributed by atoms with E-state index in [-0.39, 0.29) is 12.4 Å². The summed E-state index contributed by atoms with van der Waals surface area (Å²) in [5.41, 5.74) is -0.389. The molecule has 28 heavy (non-hydrogen) atoms. The predicted octanol–water partition coefficient (Wildman–Crippen LogP) is 4.51. The summed E-state index contributed by atoms with van der Waals surface area (Å²) in [7, 11) is 0. The average Bonchev–Trinajstić information content (AvgIpc) is 2.65. The number of nitro groups is 2. The zero-order valence-corrected chi connectivity index (χ0v) is 16.0. The van der Waals surface area contributed by atoms with Crippen LogP contribution in [0.25, 0.3) is 0 Å². The SMILES string of the molecule is CCCCC/C=C/C(C)=C/COC(=O)COc1ccc([N+](=O)[O-])c([N+](=O)[O-])c1. The number of hydrogen-bond acceptors (Lipinski definition) is 7. The Morgan fingerprint density at radius 2 is 1.86 bits per heavy atom. The lowest BCUT2D eigenvalue weighted by molar-refractivity contribution is -0.422. The summed E-state index contributed by atoms with van der Waals surface area (Å²) in [6.07, 6.45) is 10.3. The molecule has 0 aliphatic rings. The van der Waals surface area contributed by atoms with Crippen molar-refractivity contribution in [1.29, 1.82) is 0 Å². The second kappa shape index (κ2) is 12.2. The number of hydrogen-bond donors (Lipinski definition) is 0. The van der Waals surface area contributed by atoms with Gasteiger partial charge in [-0.3, -0.25) is 20.2 Å². The number of nitro benzene ring substituents is 2. The van der Waals surface area contributed by atoms with Crippen LogP contribution in [0, 0.1) is 20.2 Å². The molecule has 0 saturated carbocycles. The first-order valence-corrected chi connectivity index (χ1v) is 8.89. The molecule has 1 aromatic rings. The molecule has 9 nitrogen and oxygen atoms in total. The first-order valence-electron chi connectivity index (χ1n) is 8.89. The lowest BCUT2D eigenvalue weighted by atomic mass is 10.2. The topological polar surface area (TPSA) is 122 Å². The Morgan fingerprint density at radius 1 is 1.14 bits per heavy atom. The Kier molecular flexibility index (Phi) is 9.95. The van der Waals surface area contributed by atoms with Gasteiger partial charge in [0.1, 0.15) is 12.4 Å². The van der Waals surface area contributed by atoms with Crippen molar-refractivity contribution >= 4 is 17.3 Å². The van der Waals surface area contributed by atoms with Crippen LogP contribution in [0.2, 0.25) is 0 Å². The van der Waals surface area contributed by atoms with Crippen LogP contribution in [0.4, 0.5) is 11.4 Å². The zero-order chi connectivity index (χ0) is 20.9. The summed E-state index contributed by atoms with van der Waals surface area (Å²) in [5, 5.41) is 21.7. The molecule has 0 N–H and O–H groups in total. The number of allylic oxidation sites excluding steroid dienone is 3. The monoisotopic (exact) mass is 392 g/mol. The van der Waals surface area contributed by atoms with E-state index in [4.69, 9.17) is 9.47 Å². The van der Waals surface area contributed by atoms with Crippen molar-refractivity contribution in [2.24, 2.45) is 0 Å². The third kappa shape index (κ3) is 8.43. The fourth-order valence-corrected chi connectivity index (χ4v) is 2.19. The zero-order valence-electron chi connectivity index (χ0n) is 16.0. The van der Waals surface area contributed by atoms with Crippen molar-refractivity contribution in [3.63, 3.8) is 0 Å². The predicted molar refractivity (Wildman–Crippen MR) is 103 cm³/mol. The lowest BCUT2D eigenvalue weighted by Gasteiger charge is -2.06. The van der Waals surface area contributed by atoms with Gasteiger partial charge in [0.15, 0.2) is 6.61 Å². The van der Waals surface area contributed by atoms with Crippen molar-refractivity contribution < 1.29 is 24.1 Å². The van der Waals surface area contributed by atoms with Crippen LogP contribution in [0.3, 0.4) is 0 Å².